The lowest BCUT2D eigenvalue weighted by Gasteiger charge is -2.41. The molecule has 0 aliphatic carbocycles. The van der Waals surface area contributed by atoms with Gasteiger partial charge in [0.05, 0.1) is 6.10 Å². The monoisotopic (exact) mass is 474 g/mol. The van der Waals surface area contributed by atoms with Crippen LogP contribution >= 0.6 is 37.2 Å². The van der Waals surface area contributed by atoms with Gasteiger partial charge in [-0.25, -0.2) is 0 Å². The molecule has 6 nitrogen and oxygen atoms in total. The Hall–Kier alpha value is 0.180. The van der Waals surface area contributed by atoms with Crippen LogP contribution in [0.5, 0.6) is 0 Å². The first-order chi connectivity index (χ1) is 12.6. The van der Waals surface area contributed by atoms with Gasteiger partial charge in [0.2, 0.25) is 0 Å². The Morgan fingerprint density at radius 3 is 2.17 bits per heavy atom. The molecule has 3 saturated heterocycles. The molecule has 0 radical (unpaired) electrons. The Bertz CT molecular complexity index is 459. The van der Waals surface area contributed by atoms with Gasteiger partial charge in [-0.05, 0) is 84.1 Å². The molecule has 3 rings (SSSR count). The first-order valence-electron chi connectivity index (χ1n) is 10.6. The molecule has 3 fully saturated rings. The second-order valence-corrected chi connectivity index (χ2v) is 8.62. The lowest BCUT2D eigenvalue weighted by atomic mass is 9.91. The van der Waals surface area contributed by atoms with E-state index < -0.39 is 0 Å². The molecule has 9 heteroatoms. The number of halogens is 3. The minimum absolute atomic E-state index is 0. The summed E-state index contributed by atoms with van der Waals surface area (Å²) >= 11 is 0. The maximum atomic E-state index is 12.5. The van der Waals surface area contributed by atoms with Gasteiger partial charge in [-0.1, -0.05) is 0 Å². The van der Waals surface area contributed by atoms with Crippen LogP contribution in [0, 0.1) is 5.92 Å². The Morgan fingerprint density at radius 2 is 1.62 bits per heavy atom. The van der Waals surface area contributed by atoms with Crippen LogP contribution in [0.3, 0.4) is 0 Å². The highest BCUT2D eigenvalue weighted by Gasteiger charge is 2.32. The molecule has 0 saturated carbocycles. The summed E-state index contributed by atoms with van der Waals surface area (Å²) in [5, 5.41) is 0. The van der Waals surface area contributed by atoms with Crippen molar-refractivity contribution in [1.82, 2.24) is 14.7 Å². The van der Waals surface area contributed by atoms with Gasteiger partial charge in [0.15, 0.2) is 0 Å². The van der Waals surface area contributed by atoms with Gasteiger partial charge in [0.1, 0.15) is 6.10 Å². The number of likely N-dealkylation sites (tertiary alicyclic amines) is 2. The number of nitrogens with zero attached hydrogens (tertiary/aromatic N) is 3. The van der Waals surface area contributed by atoms with Gasteiger partial charge in [-0.15, -0.1) is 37.2 Å². The number of amides is 1. The fourth-order valence-electron chi connectivity index (χ4n) is 4.76. The van der Waals surface area contributed by atoms with E-state index in [1.807, 2.05) is 11.9 Å². The maximum Gasteiger partial charge on any atom is 0.251 e. The molecular weight excluding hydrogens is 435 g/mol. The van der Waals surface area contributed by atoms with E-state index in [9.17, 15) is 4.79 Å². The number of ether oxygens (including phenoxy) is 1. The van der Waals surface area contributed by atoms with Crippen molar-refractivity contribution < 1.29 is 9.53 Å². The average molecular weight is 476 g/mol. The van der Waals surface area contributed by atoms with Crippen molar-refractivity contribution >= 4 is 43.1 Å². The summed E-state index contributed by atoms with van der Waals surface area (Å²) < 4.78 is 5.75. The van der Waals surface area contributed by atoms with Crippen molar-refractivity contribution in [3.8, 4) is 0 Å². The Balaban J connectivity index is 0.00000261. The van der Waals surface area contributed by atoms with Gasteiger partial charge in [0, 0.05) is 26.2 Å². The van der Waals surface area contributed by atoms with Crippen molar-refractivity contribution in [2.45, 2.75) is 63.2 Å². The van der Waals surface area contributed by atoms with E-state index >= 15 is 0 Å². The number of hydrogen-bond acceptors (Lipinski definition) is 5. The molecule has 174 valence electrons. The van der Waals surface area contributed by atoms with Crippen LogP contribution in [0.4, 0.5) is 0 Å². The first-order valence-corrected chi connectivity index (χ1v) is 10.6. The van der Waals surface area contributed by atoms with Crippen molar-refractivity contribution in [1.29, 1.82) is 0 Å². The topological polar surface area (TPSA) is 62.0 Å². The van der Waals surface area contributed by atoms with E-state index in [0.29, 0.717) is 6.54 Å². The standard InChI is InChI=1S/C20H38N4O2.3ClH/c1-22-10-8-17(9-11-22)24-13-6-16(7-14-24)5-12-23(2)20(25)19-4-3-18(15-21)26-19;;;/h16-19H,3-15,21H2,1-2H3;3*1H/t18-,19+;;;/m1.../s1. The molecule has 3 aliphatic rings. The Labute approximate surface area is 195 Å². The fourth-order valence-corrected chi connectivity index (χ4v) is 4.76. The smallest absolute Gasteiger partial charge is 0.251 e. The number of carbonyl (C=O) groups is 1. The van der Waals surface area contributed by atoms with Gasteiger partial charge in [-0.3, -0.25) is 4.79 Å². The zero-order valence-corrected chi connectivity index (χ0v) is 20.4. The summed E-state index contributed by atoms with van der Waals surface area (Å²) in [6, 6.07) is 0.798. The third kappa shape index (κ3) is 8.32. The second-order valence-electron chi connectivity index (χ2n) is 8.62. The highest BCUT2D eigenvalue weighted by atomic mass is 35.5. The molecule has 2 atom stereocenters. The normalized spacial score (nSPS) is 26.9. The predicted octanol–water partition coefficient (Wildman–Crippen LogP) is 2.41. The maximum absolute atomic E-state index is 12.5. The molecule has 3 heterocycles. The number of likely N-dealkylation sites (N-methyl/N-ethyl adjacent to an activating group) is 1. The SMILES string of the molecule is CN1CCC(N2CCC(CCN(C)C(=O)[C@@H]3CC[C@H](CN)O3)CC2)CC1.Cl.Cl.Cl. The van der Waals surface area contributed by atoms with Crippen LogP contribution < -0.4 is 5.73 Å². The van der Waals surface area contributed by atoms with Gasteiger partial charge in [-0.2, -0.15) is 0 Å². The summed E-state index contributed by atoms with van der Waals surface area (Å²) in [7, 11) is 4.15. The fraction of sp³-hybridized carbons (Fsp3) is 0.950. The molecule has 0 spiro atoms. The van der Waals surface area contributed by atoms with E-state index in [1.54, 1.807) is 0 Å². The van der Waals surface area contributed by atoms with E-state index in [2.05, 4.69) is 16.8 Å². The molecule has 3 aliphatic heterocycles. The third-order valence-corrected chi connectivity index (χ3v) is 6.75. The Morgan fingerprint density at radius 1 is 1.00 bits per heavy atom. The molecule has 0 aromatic heterocycles. The van der Waals surface area contributed by atoms with Crippen molar-refractivity contribution in [3.05, 3.63) is 0 Å². The third-order valence-electron chi connectivity index (χ3n) is 6.75. The average Bonchev–Trinajstić information content (AvgIpc) is 3.16. The highest BCUT2D eigenvalue weighted by Crippen LogP contribution is 2.26. The van der Waals surface area contributed by atoms with Crippen LogP contribution in [-0.2, 0) is 9.53 Å². The van der Waals surface area contributed by atoms with Gasteiger partial charge in [0.25, 0.3) is 5.91 Å². The van der Waals surface area contributed by atoms with Crippen LogP contribution in [0.1, 0.15) is 44.9 Å². The molecule has 0 bridgehead atoms. The molecule has 0 aromatic carbocycles. The molecule has 1 amide bonds. The number of hydrogen-bond donors (Lipinski definition) is 1. The van der Waals surface area contributed by atoms with E-state index in [1.165, 1.54) is 51.9 Å². The molecular formula is C20H41Cl3N4O2. The predicted molar refractivity (Wildman–Crippen MR) is 126 cm³/mol. The van der Waals surface area contributed by atoms with Crippen molar-refractivity contribution in [2.75, 3.05) is 53.4 Å². The second kappa shape index (κ2) is 14.3. The van der Waals surface area contributed by atoms with E-state index in [-0.39, 0.29) is 55.3 Å². The zero-order chi connectivity index (χ0) is 18.5. The minimum atomic E-state index is -0.264. The first kappa shape index (κ1) is 29.2. The number of carbonyl (C=O) groups excluding carboxylic acids is 1. The largest absolute Gasteiger partial charge is 0.364 e. The molecule has 29 heavy (non-hydrogen) atoms. The van der Waals surface area contributed by atoms with Crippen LogP contribution in [0.15, 0.2) is 0 Å². The van der Waals surface area contributed by atoms with Gasteiger partial charge >= 0.3 is 0 Å². The summed E-state index contributed by atoms with van der Waals surface area (Å²) in [4.78, 5) is 19.6. The van der Waals surface area contributed by atoms with Crippen molar-refractivity contribution in [2.24, 2.45) is 11.7 Å². The summed E-state index contributed by atoms with van der Waals surface area (Å²) in [5.74, 6) is 0.902. The van der Waals surface area contributed by atoms with Crippen LogP contribution in [0.25, 0.3) is 0 Å². The Kier molecular flexibility index (Phi) is 14.4. The van der Waals surface area contributed by atoms with E-state index in [0.717, 1.165) is 37.8 Å². The summed E-state index contributed by atoms with van der Waals surface area (Å²) in [6.07, 6.45) is 7.87. The molecule has 2 N–H and O–H groups in total. The summed E-state index contributed by atoms with van der Waals surface area (Å²) in [6.45, 7) is 6.33. The number of piperidine rings is 2. The van der Waals surface area contributed by atoms with Crippen molar-refractivity contribution in [3.63, 3.8) is 0 Å². The highest BCUT2D eigenvalue weighted by molar-refractivity contribution is 5.86. The number of nitrogens with two attached hydrogens (primary N) is 1. The van der Waals surface area contributed by atoms with Crippen LogP contribution in [0.2, 0.25) is 0 Å². The zero-order valence-electron chi connectivity index (χ0n) is 18.0. The molecule has 0 aromatic rings. The lowest BCUT2D eigenvalue weighted by molar-refractivity contribution is -0.141. The van der Waals surface area contributed by atoms with Gasteiger partial charge < -0.3 is 25.2 Å². The minimum Gasteiger partial charge on any atom is -0.364 e. The molecule has 0 unspecified atom stereocenters. The lowest BCUT2D eigenvalue weighted by Crippen LogP contribution is -2.47. The number of rotatable bonds is 6. The van der Waals surface area contributed by atoms with E-state index in [4.69, 9.17) is 10.5 Å². The van der Waals surface area contributed by atoms with Crippen LogP contribution in [-0.4, -0.2) is 92.2 Å². The quantitative estimate of drug-likeness (QED) is 0.639. The summed E-state index contributed by atoms with van der Waals surface area (Å²) in [5.41, 5.74) is 5.64.